The van der Waals surface area contributed by atoms with Gasteiger partial charge in [0.1, 0.15) is 0 Å². The number of aryl methyl sites for hydroxylation is 3. The van der Waals surface area contributed by atoms with Crippen LogP contribution in [0.5, 0.6) is 0 Å². The van der Waals surface area contributed by atoms with Crippen LogP contribution in [-0.2, 0) is 11.2 Å². The molecule has 0 radical (unpaired) electrons. The molecule has 0 aromatic carbocycles. The average Bonchev–Trinajstić information content (AvgIpc) is 3.17. The number of rotatable bonds is 6. The predicted octanol–water partition coefficient (Wildman–Crippen LogP) is 1.98. The number of carbonyl (C=O) groups is 1. The van der Waals surface area contributed by atoms with E-state index in [1.165, 1.54) is 6.42 Å². The van der Waals surface area contributed by atoms with Crippen molar-refractivity contribution in [2.75, 3.05) is 19.6 Å². The molecule has 7 nitrogen and oxygen atoms in total. The maximum absolute atomic E-state index is 12.3. The Morgan fingerprint density at radius 1 is 1.26 bits per heavy atom. The quantitative estimate of drug-likeness (QED) is 0.785. The zero-order valence-corrected chi connectivity index (χ0v) is 17.3. The van der Waals surface area contributed by atoms with Crippen molar-refractivity contribution in [3.8, 4) is 5.95 Å². The third kappa shape index (κ3) is 5.26. The van der Waals surface area contributed by atoms with Crippen molar-refractivity contribution in [3.05, 3.63) is 34.4 Å². The van der Waals surface area contributed by atoms with Crippen molar-refractivity contribution in [1.29, 1.82) is 0 Å². The maximum Gasteiger partial charge on any atom is 0.251 e. The molecule has 27 heavy (non-hydrogen) atoms. The average molecular weight is 393 g/mol. The fourth-order valence-corrected chi connectivity index (χ4v) is 3.53. The van der Waals surface area contributed by atoms with Crippen molar-refractivity contribution in [2.24, 2.45) is 5.92 Å². The van der Waals surface area contributed by atoms with Crippen molar-refractivity contribution >= 4 is 18.3 Å². The molecular weight excluding hydrogens is 364 g/mol. The Balaban J connectivity index is 0.00000261. The van der Waals surface area contributed by atoms with E-state index < -0.39 is 0 Å². The van der Waals surface area contributed by atoms with Crippen LogP contribution in [-0.4, -0.2) is 45.3 Å². The van der Waals surface area contributed by atoms with Gasteiger partial charge in [-0.25, -0.2) is 14.6 Å². The number of nitrogens with one attached hydrogen (secondary N) is 2. The van der Waals surface area contributed by atoms with Crippen molar-refractivity contribution in [1.82, 2.24) is 30.4 Å². The van der Waals surface area contributed by atoms with E-state index in [0.717, 1.165) is 54.4 Å². The van der Waals surface area contributed by atoms with E-state index >= 15 is 0 Å². The van der Waals surface area contributed by atoms with Crippen LogP contribution < -0.4 is 10.6 Å². The molecule has 2 N–H and O–H groups in total. The summed E-state index contributed by atoms with van der Waals surface area (Å²) < 4.78 is 1.74. The Morgan fingerprint density at radius 3 is 2.59 bits per heavy atom. The Hall–Kier alpha value is -1.99. The first kappa shape index (κ1) is 21.3. The molecule has 1 unspecified atom stereocenters. The van der Waals surface area contributed by atoms with Crippen LogP contribution in [0.4, 0.5) is 0 Å². The van der Waals surface area contributed by atoms with E-state index in [0.29, 0.717) is 18.3 Å². The van der Waals surface area contributed by atoms with Gasteiger partial charge in [0.25, 0.3) is 5.95 Å². The van der Waals surface area contributed by atoms with Crippen LogP contribution in [0.25, 0.3) is 5.95 Å². The van der Waals surface area contributed by atoms with Gasteiger partial charge in [0.15, 0.2) is 0 Å². The second kappa shape index (κ2) is 9.28. The van der Waals surface area contributed by atoms with Crippen LogP contribution in [0.3, 0.4) is 0 Å². The Morgan fingerprint density at radius 2 is 1.96 bits per heavy atom. The van der Waals surface area contributed by atoms with Crippen LogP contribution in [0.1, 0.15) is 41.2 Å². The summed E-state index contributed by atoms with van der Waals surface area (Å²) in [5.74, 6) is 1.29. The predicted molar refractivity (Wildman–Crippen MR) is 108 cm³/mol. The van der Waals surface area contributed by atoms with Gasteiger partial charge in [-0.1, -0.05) is 0 Å². The highest BCUT2D eigenvalue weighted by molar-refractivity contribution is 5.85. The van der Waals surface area contributed by atoms with Gasteiger partial charge in [0, 0.05) is 29.2 Å². The molecule has 1 aliphatic rings. The van der Waals surface area contributed by atoms with Crippen LogP contribution in [0.2, 0.25) is 0 Å². The lowest BCUT2D eigenvalue weighted by Crippen LogP contribution is -2.28. The molecule has 1 saturated heterocycles. The standard InChI is InChI=1S/C19H28N6O.ClH/c1-12-9-13(2)23-19(22-12)25-15(4)17(14(3)24-25)10-18(26)21-8-6-16-5-7-20-11-16;/h9,16,20H,5-8,10-11H2,1-4H3,(H,21,26);1H. The molecule has 3 rings (SSSR count). The lowest BCUT2D eigenvalue weighted by Gasteiger charge is -2.10. The summed E-state index contributed by atoms with van der Waals surface area (Å²) in [4.78, 5) is 21.3. The highest BCUT2D eigenvalue weighted by Gasteiger charge is 2.18. The minimum Gasteiger partial charge on any atom is -0.356 e. The van der Waals surface area contributed by atoms with Gasteiger partial charge in [-0.05, 0) is 65.6 Å². The summed E-state index contributed by atoms with van der Waals surface area (Å²) in [7, 11) is 0. The van der Waals surface area contributed by atoms with Gasteiger partial charge in [-0.15, -0.1) is 12.4 Å². The summed E-state index contributed by atoms with van der Waals surface area (Å²) in [5.41, 5.74) is 4.53. The van der Waals surface area contributed by atoms with Crippen LogP contribution >= 0.6 is 12.4 Å². The molecule has 2 aromatic heterocycles. The molecule has 148 valence electrons. The third-order valence-electron chi connectivity index (χ3n) is 4.98. The fraction of sp³-hybridized carbons (Fsp3) is 0.579. The van der Waals surface area contributed by atoms with Gasteiger partial charge < -0.3 is 10.6 Å². The smallest absolute Gasteiger partial charge is 0.251 e. The number of carbonyl (C=O) groups excluding carboxylic acids is 1. The molecule has 2 aromatic rings. The molecule has 1 fully saturated rings. The number of halogens is 1. The number of aromatic nitrogens is 4. The largest absolute Gasteiger partial charge is 0.356 e. The minimum absolute atomic E-state index is 0. The number of nitrogens with zero attached hydrogens (tertiary/aromatic N) is 4. The summed E-state index contributed by atoms with van der Waals surface area (Å²) >= 11 is 0. The van der Waals surface area contributed by atoms with Gasteiger partial charge in [0.2, 0.25) is 5.91 Å². The molecule has 0 bridgehead atoms. The highest BCUT2D eigenvalue weighted by atomic mass is 35.5. The summed E-state index contributed by atoms with van der Waals surface area (Å²) in [6.07, 6.45) is 2.58. The summed E-state index contributed by atoms with van der Waals surface area (Å²) in [6.45, 7) is 10.7. The topological polar surface area (TPSA) is 84.7 Å². The Labute approximate surface area is 166 Å². The monoisotopic (exact) mass is 392 g/mol. The van der Waals surface area contributed by atoms with Crippen molar-refractivity contribution < 1.29 is 4.79 Å². The molecule has 0 saturated carbocycles. The van der Waals surface area contributed by atoms with E-state index in [1.807, 2.05) is 33.8 Å². The number of hydrogen-bond donors (Lipinski definition) is 2. The van der Waals surface area contributed by atoms with Gasteiger partial charge in [-0.3, -0.25) is 4.79 Å². The van der Waals surface area contributed by atoms with Gasteiger partial charge in [-0.2, -0.15) is 5.10 Å². The molecule has 1 amide bonds. The molecule has 1 atom stereocenters. The number of amides is 1. The maximum atomic E-state index is 12.3. The molecular formula is C19H29ClN6O. The molecule has 0 aliphatic carbocycles. The first-order valence-corrected chi connectivity index (χ1v) is 9.29. The minimum atomic E-state index is 0. The Kier molecular flexibility index (Phi) is 7.33. The van der Waals surface area contributed by atoms with Crippen LogP contribution in [0.15, 0.2) is 6.07 Å². The normalized spacial score (nSPS) is 16.2. The van der Waals surface area contributed by atoms with E-state index in [1.54, 1.807) is 4.68 Å². The summed E-state index contributed by atoms with van der Waals surface area (Å²) in [6, 6.07) is 1.93. The molecule has 1 aliphatic heterocycles. The number of hydrogen-bond acceptors (Lipinski definition) is 5. The van der Waals surface area contributed by atoms with Gasteiger partial charge >= 0.3 is 0 Å². The first-order chi connectivity index (χ1) is 12.4. The second-order valence-electron chi connectivity index (χ2n) is 7.19. The Bertz CT molecular complexity index is 777. The zero-order chi connectivity index (χ0) is 18.7. The lowest BCUT2D eigenvalue weighted by molar-refractivity contribution is -0.120. The molecule has 8 heteroatoms. The fourth-order valence-electron chi connectivity index (χ4n) is 3.53. The van der Waals surface area contributed by atoms with Crippen molar-refractivity contribution in [2.45, 2.75) is 47.0 Å². The van der Waals surface area contributed by atoms with Crippen LogP contribution in [0, 0.1) is 33.6 Å². The first-order valence-electron chi connectivity index (χ1n) is 9.29. The van der Waals surface area contributed by atoms with E-state index in [9.17, 15) is 4.79 Å². The SMILES string of the molecule is Cc1cc(C)nc(-n2nc(C)c(CC(=O)NCCC3CCNC3)c2C)n1.Cl. The summed E-state index contributed by atoms with van der Waals surface area (Å²) in [5, 5.41) is 11.0. The second-order valence-corrected chi connectivity index (χ2v) is 7.19. The van der Waals surface area contributed by atoms with Crippen molar-refractivity contribution in [3.63, 3.8) is 0 Å². The molecule has 0 spiro atoms. The van der Waals surface area contributed by atoms with Gasteiger partial charge in [0.05, 0.1) is 12.1 Å². The molecule has 3 heterocycles. The van der Waals surface area contributed by atoms with E-state index in [-0.39, 0.29) is 18.3 Å². The third-order valence-corrected chi connectivity index (χ3v) is 4.98. The highest BCUT2D eigenvalue weighted by Crippen LogP contribution is 2.17. The van der Waals surface area contributed by atoms with E-state index in [4.69, 9.17) is 0 Å². The lowest BCUT2D eigenvalue weighted by atomic mass is 10.1. The van der Waals surface area contributed by atoms with E-state index in [2.05, 4.69) is 25.7 Å². The zero-order valence-electron chi connectivity index (χ0n) is 16.5.